The Morgan fingerprint density at radius 3 is 2.59 bits per heavy atom. The SMILES string of the molecule is Cc1ccc(N2CC(C(=O)NCc3cccc(-c4nc(-c5ccccc5)cs4)c3)CC2=O)cc1. The second kappa shape index (κ2) is 9.61. The summed E-state index contributed by atoms with van der Waals surface area (Å²) in [6.07, 6.45) is 0.237. The van der Waals surface area contributed by atoms with Gasteiger partial charge in [-0.3, -0.25) is 9.59 Å². The fraction of sp³-hybridized carbons (Fsp3) is 0.179. The van der Waals surface area contributed by atoms with Crippen molar-refractivity contribution in [3.8, 4) is 21.8 Å². The number of carbonyl (C=O) groups excluding carboxylic acids is 2. The second-order valence-corrected chi connectivity index (χ2v) is 9.42. The van der Waals surface area contributed by atoms with Gasteiger partial charge in [0, 0.05) is 41.7 Å². The lowest BCUT2D eigenvalue weighted by Crippen LogP contribution is -2.32. The van der Waals surface area contributed by atoms with Crippen molar-refractivity contribution < 1.29 is 9.59 Å². The largest absolute Gasteiger partial charge is 0.352 e. The van der Waals surface area contributed by atoms with Crippen molar-refractivity contribution in [3.05, 3.63) is 95.4 Å². The predicted molar refractivity (Wildman–Crippen MR) is 136 cm³/mol. The molecule has 5 nitrogen and oxygen atoms in total. The maximum absolute atomic E-state index is 12.8. The molecule has 1 aliphatic rings. The standard InChI is InChI=1S/C28H25N3O2S/c1-19-10-12-24(13-11-19)31-17-23(15-26(31)32)27(33)29-16-20-6-5-9-22(14-20)28-30-25(18-34-28)21-7-3-2-4-8-21/h2-14,18,23H,15-17H2,1H3,(H,29,33). The highest BCUT2D eigenvalue weighted by Crippen LogP contribution is 2.29. The number of hydrogen-bond acceptors (Lipinski definition) is 4. The molecule has 1 saturated heterocycles. The zero-order valence-electron chi connectivity index (χ0n) is 18.9. The van der Waals surface area contributed by atoms with E-state index in [2.05, 4.69) is 28.9 Å². The lowest BCUT2D eigenvalue weighted by Gasteiger charge is -2.17. The smallest absolute Gasteiger partial charge is 0.227 e. The molecule has 0 saturated carbocycles. The van der Waals surface area contributed by atoms with E-state index in [9.17, 15) is 9.59 Å². The normalized spacial score (nSPS) is 15.5. The molecule has 3 aromatic carbocycles. The van der Waals surface area contributed by atoms with E-state index < -0.39 is 0 Å². The molecule has 1 unspecified atom stereocenters. The molecular weight excluding hydrogens is 442 g/mol. The summed E-state index contributed by atoms with van der Waals surface area (Å²) in [7, 11) is 0. The van der Waals surface area contributed by atoms with Crippen molar-refractivity contribution in [2.24, 2.45) is 5.92 Å². The van der Waals surface area contributed by atoms with Crippen LogP contribution in [0, 0.1) is 12.8 Å². The molecule has 0 radical (unpaired) electrons. The highest BCUT2D eigenvalue weighted by atomic mass is 32.1. The van der Waals surface area contributed by atoms with E-state index in [1.807, 2.05) is 67.6 Å². The quantitative estimate of drug-likeness (QED) is 0.410. The van der Waals surface area contributed by atoms with Crippen molar-refractivity contribution in [1.82, 2.24) is 10.3 Å². The maximum atomic E-state index is 12.8. The third kappa shape index (κ3) is 4.77. The molecule has 2 amide bonds. The number of benzene rings is 3. The van der Waals surface area contributed by atoms with E-state index in [1.165, 1.54) is 0 Å². The van der Waals surface area contributed by atoms with E-state index >= 15 is 0 Å². The van der Waals surface area contributed by atoms with E-state index in [-0.39, 0.29) is 24.2 Å². The number of hydrogen-bond donors (Lipinski definition) is 1. The summed E-state index contributed by atoms with van der Waals surface area (Å²) >= 11 is 1.61. The van der Waals surface area contributed by atoms with Gasteiger partial charge in [-0.1, -0.05) is 66.2 Å². The molecule has 1 aliphatic heterocycles. The number of nitrogens with one attached hydrogen (secondary N) is 1. The number of thiazole rings is 1. The van der Waals surface area contributed by atoms with Crippen LogP contribution in [0.2, 0.25) is 0 Å². The van der Waals surface area contributed by atoms with Crippen LogP contribution in [-0.2, 0) is 16.1 Å². The summed E-state index contributed by atoms with van der Waals surface area (Å²) in [5.41, 5.74) is 6.07. The number of aryl methyl sites for hydroxylation is 1. The second-order valence-electron chi connectivity index (χ2n) is 8.56. The van der Waals surface area contributed by atoms with Gasteiger partial charge in [0.2, 0.25) is 11.8 Å². The third-order valence-electron chi connectivity index (χ3n) is 6.06. The minimum absolute atomic E-state index is 0.0102. The summed E-state index contributed by atoms with van der Waals surface area (Å²) in [6, 6.07) is 26.0. The number of aromatic nitrogens is 1. The summed E-state index contributed by atoms with van der Waals surface area (Å²) < 4.78 is 0. The summed E-state index contributed by atoms with van der Waals surface area (Å²) in [5.74, 6) is -0.442. The molecule has 0 spiro atoms. The van der Waals surface area contributed by atoms with Gasteiger partial charge in [0.05, 0.1) is 11.6 Å². The highest BCUT2D eigenvalue weighted by molar-refractivity contribution is 7.13. The average Bonchev–Trinajstić information content (AvgIpc) is 3.51. The first-order valence-electron chi connectivity index (χ1n) is 11.3. The number of rotatable bonds is 6. The minimum Gasteiger partial charge on any atom is -0.352 e. The first-order valence-corrected chi connectivity index (χ1v) is 12.2. The van der Waals surface area contributed by atoms with Crippen molar-refractivity contribution in [1.29, 1.82) is 0 Å². The molecule has 170 valence electrons. The number of amides is 2. The number of carbonyl (C=O) groups is 2. The van der Waals surface area contributed by atoms with Crippen molar-refractivity contribution >= 4 is 28.8 Å². The van der Waals surface area contributed by atoms with Crippen LogP contribution in [0.1, 0.15) is 17.5 Å². The van der Waals surface area contributed by atoms with E-state index in [0.29, 0.717) is 13.1 Å². The van der Waals surface area contributed by atoms with Gasteiger partial charge in [-0.15, -0.1) is 11.3 Å². The van der Waals surface area contributed by atoms with Gasteiger partial charge in [-0.2, -0.15) is 0 Å². The molecule has 0 bridgehead atoms. The minimum atomic E-state index is -0.343. The monoisotopic (exact) mass is 467 g/mol. The molecule has 1 N–H and O–H groups in total. The number of nitrogens with zero attached hydrogens (tertiary/aromatic N) is 2. The first kappa shape index (κ1) is 22.0. The van der Waals surface area contributed by atoms with Crippen LogP contribution in [0.25, 0.3) is 21.8 Å². The number of anilines is 1. The van der Waals surface area contributed by atoms with Crippen LogP contribution >= 0.6 is 11.3 Å². The van der Waals surface area contributed by atoms with E-state index in [0.717, 1.165) is 38.6 Å². The topological polar surface area (TPSA) is 62.3 Å². The fourth-order valence-electron chi connectivity index (χ4n) is 4.15. The predicted octanol–water partition coefficient (Wildman–Crippen LogP) is 5.45. The summed E-state index contributed by atoms with van der Waals surface area (Å²) in [6.45, 7) is 2.84. The Kier molecular flexibility index (Phi) is 6.23. The Balaban J connectivity index is 1.22. The van der Waals surface area contributed by atoms with Gasteiger partial charge in [0.1, 0.15) is 5.01 Å². The molecule has 1 fully saturated rings. The van der Waals surface area contributed by atoms with Crippen LogP contribution in [0.5, 0.6) is 0 Å². The Morgan fingerprint density at radius 2 is 1.79 bits per heavy atom. The zero-order chi connectivity index (χ0) is 23.5. The fourth-order valence-corrected chi connectivity index (χ4v) is 4.98. The third-order valence-corrected chi connectivity index (χ3v) is 6.95. The van der Waals surface area contributed by atoms with Crippen LogP contribution in [0.4, 0.5) is 5.69 Å². The van der Waals surface area contributed by atoms with Gasteiger partial charge in [-0.25, -0.2) is 4.98 Å². The molecule has 1 aromatic heterocycles. The van der Waals surface area contributed by atoms with E-state index in [4.69, 9.17) is 4.98 Å². The maximum Gasteiger partial charge on any atom is 0.227 e. The molecule has 34 heavy (non-hydrogen) atoms. The Hall–Kier alpha value is -3.77. The molecule has 0 aliphatic carbocycles. The lowest BCUT2D eigenvalue weighted by atomic mass is 10.1. The Bertz CT molecular complexity index is 1320. The van der Waals surface area contributed by atoms with Crippen LogP contribution in [0.3, 0.4) is 0 Å². The van der Waals surface area contributed by atoms with Gasteiger partial charge in [0.25, 0.3) is 0 Å². The first-order chi connectivity index (χ1) is 16.6. The zero-order valence-corrected chi connectivity index (χ0v) is 19.7. The van der Waals surface area contributed by atoms with Crippen LogP contribution in [-0.4, -0.2) is 23.3 Å². The van der Waals surface area contributed by atoms with Gasteiger partial charge in [0.15, 0.2) is 0 Å². The highest BCUT2D eigenvalue weighted by Gasteiger charge is 2.34. The van der Waals surface area contributed by atoms with Crippen molar-refractivity contribution in [2.45, 2.75) is 19.9 Å². The molecule has 6 heteroatoms. The van der Waals surface area contributed by atoms with Gasteiger partial charge in [-0.05, 0) is 30.7 Å². The lowest BCUT2D eigenvalue weighted by molar-refractivity contribution is -0.126. The molecular formula is C28H25N3O2S. The van der Waals surface area contributed by atoms with Crippen molar-refractivity contribution in [2.75, 3.05) is 11.4 Å². The Labute approximate surface area is 203 Å². The average molecular weight is 468 g/mol. The summed E-state index contributed by atoms with van der Waals surface area (Å²) in [5, 5.41) is 6.03. The Morgan fingerprint density at radius 1 is 1.03 bits per heavy atom. The summed E-state index contributed by atoms with van der Waals surface area (Å²) in [4.78, 5) is 31.8. The van der Waals surface area contributed by atoms with Gasteiger partial charge < -0.3 is 10.2 Å². The van der Waals surface area contributed by atoms with E-state index in [1.54, 1.807) is 16.2 Å². The van der Waals surface area contributed by atoms with Crippen LogP contribution < -0.4 is 10.2 Å². The van der Waals surface area contributed by atoms with Crippen molar-refractivity contribution in [3.63, 3.8) is 0 Å². The molecule has 1 atom stereocenters. The van der Waals surface area contributed by atoms with Crippen LogP contribution in [0.15, 0.2) is 84.2 Å². The van der Waals surface area contributed by atoms with Gasteiger partial charge >= 0.3 is 0 Å². The molecule has 4 aromatic rings. The molecule has 2 heterocycles. The molecule has 5 rings (SSSR count).